The van der Waals surface area contributed by atoms with Crippen molar-refractivity contribution in [3.8, 4) is 0 Å². The zero-order valence-corrected chi connectivity index (χ0v) is 14.3. The predicted molar refractivity (Wildman–Crippen MR) is 86.7 cm³/mol. The smallest absolute Gasteiger partial charge is 0.355 e. The lowest BCUT2D eigenvalue weighted by molar-refractivity contribution is 0.0519. The van der Waals surface area contributed by atoms with Crippen molar-refractivity contribution in [2.45, 2.75) is 54.0 Å². The molecule has 1 aliphatic heterocycles. The number of H-pyrrole nitrogens is 1. The Kier molecular flexibility index (Phi) is 3.42. The fraction of sp³-hybridized carbons (Fsp3) is 0.500. The van der Waals surface area contributed by atoms with Gasteiger partial charge in [0.15, 0.2) is 0 Å². The molecule has 0 aliphatic carbocycles. The molecule has 3 heterocycles. The second kappa shape index (κ2) is 5.04. The van der Waals surface area contributed by atoms with Crippen LogP contribution in [0.3, 0.4) is 0 Å². The Bertz CT molecular complexity index is 765. The molecule has 2 aromatic heterocycles. The number of carbonyl (C=O) groups is 1. The largest absolute Gasteiger partial charge is 0.461 e. The molecule has 0 spiro atoms. The molecule has 0 aromatic carbocycles. The number of carbonyl (C=O) groups excluding carboxylic acids is 1. The van der Waals surface area contributed by atoms with Gasteiger partial charge < -0.3 is 14.3 Å². The highest BCUT2D eigenvalue weighted by molar-refractivity contribution is 5.90. The van der Waals surface area contributed by atoms with E-state index in [1.807, 2.05) is 13.8 Å². The first-order valence-corrected chi connectivity index (χ1v) is 7.93. The Hall–Kier alpha value is -1.97. The van der Waals surface area contributed by atoms with E-state index in [4.69, 9.17) is 4.74 Å². The van der Waals surface area contributed by atoms with E-state index < -0.39 is 0 Å². The van der Waals surface area contributed by atoms with E-state index in [1.165, 1.54) is 28.1 Å². The molecule has 1 atom stereocenters. The summed E-state index contributed by atoms with van der Waals surface area (Å²) in [4.78, 5) is 15.5. The predicted octanol–water partition coefficient (Wildman–Crippen LogP) is 3.74. The fourth-order valence-electron chi connectivity index (χ4n) is 3.88. The Labute approximate surface area is 131 Å². The average molecular weight is 300 g/mol. The maximum atomic E-state index is 12.1. The van der Waals surface area contributed by atoms with Gasteiger partial charge in [-0.3, -0.25) is 0 Å². The summed E-state index contributed by atoms with van der Waals surface area (Å²) in [5, 5.41) is 0. The third-order valence-electron chi connectivity index (χ3n) is 5.20. The molecule has 0 saturated heterocycles. The van der Waals surface area contributed by atoms with Gasteiger partial charge in [0.2, 0.25) is 0 Å². The molecule has 0 radical (unpaired) electrons. The molecule has 22 heavy (non-hydrogen) atoms. The van der Waals surface area contributed by atoms with Crippen molar-refractivity contribution < 1.29 is 9.53 Å². The van der Waals surface area contributed by atoms with E-state index in [0.29, 0.717) is 12.3 Å². The third-order valence-corrected chi connectivity index (χ3v) is 5.20. The molecule has 0 saturated carbocycles. The average Bonchev–Trinajstić information content (AvgIpc) is 2.91. The van der Waals surface area contributed by atoms with E-state index in [0.717, 1.165) is 17.7 Å². The molecule has 2 aromatic rings. The molecule has 118 valence electrons. The Morgan fingerprint density at radius 2 is 1.91 bits per heavy atom. The maximum absolute atomic E-state index is 12.1. The lowest BCUT2D eigenvalue weighted by Gasteiger charge is -2.26. The number of ether oxygens (including phenoxy) is 1. The molecule has 3 rings (SSSR count). The number of aromatic amines is 1. The highest BCUT2D eigenvalue weighted by atomic mass is 16.5. The SMILES string of the molecule is CCOC(=O)c1[nH]c2c(c1C)C(C)n1c(C)c(C)c(C)c1C2. The van der Waals surface area contributed by atoms with Gasteiger partial charge in [-0.2, -0.15) is 0 Å². The lowest BCUT2D eigenvalue weighted by Crippen LogP contribution is -2.19. The number of aromatic nitrogens is 2. The van der Waals surface area contributed by atoms with E-state index in [2.05, 4.69) is 37.2 Å². The van der Waals surface area contributed by atoms with Crippen molar-refractivity contribution in [1.29, 1.82) is 0 Å². The highest BCUT2D eigenvalue weighted by Gasteiger charge is 2.31. The summed E-state index contributed by atoms with van der Waals surface area (Å²) in [6, 6.07) is 0.241. The minimum atomic E-state index is -0.254. The molecule has 0 fully saturated rings. The first-order chi connectivity index (χ1) is 10.4. The van der Waals surface area contributed by atoms with Crippen LogP contribution >= 0.6 is 0 Å². The van der Waals surface area contributed by atoms with Gasteiger partial charge in [-0.1, -0.05) is 0 Å². The molecular formula is C18H24N2O2. The van der Waals surface area contributed by atoms with Crippen molar-refractivity contribution in [1.82, 2.24) is 9.55 Å². The Morgan fingerprint density at radius 1 is 1.23 bits per heavy atom. The standard InChI is InChI=1S/C18H24N2O2/c1-7-22-18(21)17-11(4)16-13(6)20-12(5)9(2)10(3)15(20)8-14(16)19-17/h13,19H,7-8H2,1-6H3. The van der Waals surface area contributed by atoms with Crippen molar-refractivity contribution in [3.05, 3.63) is 45.0 Å². The first-order valence-electron chi connectivity index (χ1n) is 7.93. The highest BCUT2D eigenvalue weighted by Crippen LogP contribution is 2.39. The normalized spacial score (nSPS) is 16.4. The molecule has 1 N–H and O–H groups in total. The summed E-state index contributed by atoms with van der Waals surface area (Å²) >= 11 is 0. The number of hydrogen-bond acceptors (Lipinski definition) is 2. The van der Waals surface area contributed by atoms with Crippen LogP contribution in [0, 0.1) is 27.7 Å². The summed E-state index contributed by atoms with van der Waals surface area (Å²) in [5.74, 6) is -0.254. The van der Waals surface area contributed by atoms with Crippen molar-refractivity contribution in [2.75, 3.05) is 6.61 Å². The topological polar surface area (TPSA) is 47.0 Å². The Morgan fingerprint density at radius 3 is 2.55 bits per heavy atom. The van der Waals surface area contributed by atoms with Gasteiger partial charge in [-0.05, 0) is 63.8 Å². The molecule has 0 bridgehead atoms. The van der Waals surface area contributed by atoms with Crippen molar-refractivity contribution >= 4 is 5.97 Å². The molecule has 1 aliphatic rings. The monoisotopic (exact) mass is 300 g/mol. The maximum Gasteiger partial charge on any atom is 0.355 e. The molecule has 4 heteroatoms. The van der Waals surface area contributed by atoms with Gasteiger partial charge in [0.05, 0.1) is 12.6 Å². The number of esters is 1. The zero-order chi connectivity index (χ0) is 16.2. The Balaban J connectivity index is 2.14. The van der Waals surface area contributed by atoms with Crippen LogP contribution in [0.1, 0.15) is 69.7 Å². The molecular weight excluding hydrogens is 276 g/mol. The van der Waals surface area contributed by atoms with Crippen LogP contribution in [0.25, 0.3) is 0 Å². The van der Waals surface area contributed by atoms with Gasteiger partial charge in [0, 0.05) is 23.5 Å². The van der Waals surface area contributed by atoms with Crippen LogP contribution in [0.5, 0.6) is 0 Å². The number of fused-ring (bicyclic) bond motifs is 2. The summed E-state index contributed by atoms with van der Waals surface area (Å²) in [7, 11) is 0. The van der Waals surface area contributed by atoms with Crippen LogP contribution in [0.2, 0.25) is 0 Å². The molecule has 0 amide bonds. The summed E-state index contributed by atoms with van der Waals surface area (Å²) in [6.45, 7) is 13.0. The summed E-state index contributed by atoms with van der Waals surface area (Å²) in [5.41, 5.74) is 9.44. The number of nitrogens with one attached hydrogen (secondary N) is 1. The zero-order valence-electron chi connectivity index (χ0n) is 14.3. The van der Waals surface area contributed by atoms with Gasteiger partial charge in [-0.15, -0.1) is 0 Å². The van der Waals surface area contributed by atoms with Gasteiger partial charge >= 0.3 is 5.97 Å². The minimum Gasteiger partial charge on any atom is -0.461 e. The molecule has 1 unspecified atom stereocenters. The lowest BCUT2D eigenvalue weighted by atomic mass is 9.96. The first kappa shape index (κ1) is 14.9. The van der Waals surface area contributed by atoms with E-state index in [1.54, 1.807) is 0 Å². The van der Waals surface area contributed by atoms with E-state index in [9.17, 15) is 4.79 Å². The van der Waals surface area contributed by atoms with Crippen LogP contribution in [0.4, 0.5) is 0 Å². The summed E-state index contributed by atoms with van der Waals surface area (Å²) in [6.07, 6.45) is 0.848. The number of nitrogens with zero attached hydrogens (tertiary/aromatic N) is 1. The van der Waals surface area contributed by atoms with Crippen molar-refractivity contribution in [2.24, 2.45) is 0 Å². The van der Waals surface area contributed by atoms with Crippen LogP contribution in [-0.2, 0) is 11.2 Å². The third kappa shape index (κ3) is 1.86. The van der Waals surface area contributed by atoms with Crippen LogP contribution in [0.15, 0.2) is 0 Å². The quantitative estimate of drug-likeness (QED) is 0.859. The fourth-order valence-corrected chi connectivity index (χ4v) is 3.88. The second-order valence-corrected chi connectivity index (χ2v) is 6.24. The van der Waals surface area contributed by atoms with Gasteiger partial charge in [-0.25, -0.2) is 4.79 Å². The summed E-state index contributed by atoms with van der Waals surface area (Å²) < 4.78 is 7.59. The van der Waals surface area contributed by atoms with Crippen LogP contribution < -0.4 is 0 Å². The number of hydrogen-bond donors (Lipinski definition) is 1. The van der Waals surface area contributed by atoms with Gasteiger partial charge in [0.1, 0.15) is 5.69 Å². The van der Waals surface area contributed by atoms with Crippen molar-refractivity contribution in [3.63, 3.8) is 0 Å². The van der Waals surface area contributed by atoms with E-state index >= 15 is 0 Å². The van der Waals surface area contributed by atoms with Crippen LogP contribution in [-0.4, -0.2) is 22.1 Å². The molecule has 4 nitrogen and oxygen atoms in total. The van der Waals surface area contributed by atoms with Gasteiger partial charge in [0.25, 0.3) is 0 Å². The second-order valence-electron chi connectivity index (χ2n) is 6.24. The number of rotatable bonds is 2. The minimum absolute atomic E-state index is 0.241. The van der Waals surface area contributed by atoms with E-state index in [-0.39, 0.29) is 12.0 Å².